The van der Waals surface area contributed by atoms with Crippen LogP contribution in [-0.4, -0.2) is 60.4 Å². The number of anilines is 2. The molecule has 1 atom stereocenters. The molecule has 8 nitrogen and oxygen atoms in total. The molecule has 0 aliphatic carbocycles. The molecule has 0 amide bonds. The quantitative estimate of drug-likeness (QED) is 0.397. The van der Waals surface area contributed by atoms with Gasteiger partial charge in [0.15, 0.2) is 0 Å². The molecule has 2 aliphatic rings. The van der Waals surface area contributed by atoms with E-state index in [1.807, 2.05) is 30.3 Å². The van der Waals surface area contributed by atoms with Crippen LogP contribution < -0.4 is 21.1 Å². The number of nitrogens with zero attached hydrogens (tertiary/aromatic N) is 2. The van der Waals surface area contributed by atoms with Crippen LogP contribution in [-0.2, 0) is 4.74 Å². The van der Waals surface area contributed by atoms with Crippen molar-refractivity contribution < 1.29 is 4.74 Å². The van der Waals surface area contributed by atoms with E-state index >= 15 is 0 Å². The van der Waals surface area contributed by atoms with Crippen molar-refractivity contribution >= 4 is 33.3 Å². The Morgan fingerprint density at radius 2 is 1.94 bits per heavy atom. The second-order valence-corrected chi connectivity index (χ2v) is 8.47. The van der Waals surface area contributed by atoms with E-state index < -0.39 is 0 Å². The van der Waals surface area contributed by atoms with Crippen LogP contribution in [0.25, 0.3) is 33.3 Å². The number of imidazole rings is 1. The minimum atomic E-state index is -0.149. The van der Waals surface area contributed by atoms with Gasteiger partial charge in [0, 0.05) is 36.7 Å². The summed E-state index contributed by atoms with van der Waals surface area (Å²) in [5.41, 5.74) is 4.97. The number of morpholine rings is 1. The Labute approximate surface area is 185 Å². The van der Waals surface area contributed by atoms with Crippen LogP contribution in [0.15, 0.2) is 47.3 Å². The highest BCUT2D eigenvalue weighted by molar-refractivity contribution is 5.99. The second-order valence-electron chi connectivity index (χ2n) is 8.47. The van der Waals surface area contributed by atoms with E-state index in [0.29, 0.717) is 11.4 Å². The van der Waals surface area contributed by atoms with Gasteiger partial charge >= 0.3 is 0 Å². The lowest BCUT2D eigenvalue weighted by molar-refractivity contribution is 0.122. The molecular formula is C24H26N6O2. The maximum Gasteiger partial charge on any atom is 0.261 e. The van der Waals surface area contributed by atoms with Gasteiger partial charge in [-0.25, -0.2) is 4.98 Å². The van der Waals surface area contributed by atoms with Crippen LogP contribution in [0.3, 0.4) is 0 Å². The predicted octanol–water partition coefficient (Wildman–Crippen LogP) is 2.68. The molecule has 0 spiro atoms. The molecule has 2 aromatic carbocycles. The van der Waals surface area contributed by atoms with E-state index in [0.717, 1.165) is 79.1 Å². The fraction of sp³-hybridized carbons (Fsp3) is 0.333. The molecule has 2 aliphatic heterocycles. The first kappa shape index (κ1) is 19.3. The third kappa shape index (κ3) is 3.41. The number of H-pyrrole nitrogens is 2. The Balaban J connectivity index is 1.47. The average Bonchev–Trinajstić information content (AvgIpc) is 3.49. The fourth-order valence-corrected chi connectivity index (χ4v) is 4.74. The summed E-state index contributed by atoms with van der Waals surface area (Å²) in [4.78, 5) is 26.8. The number of hydrogen-bond acceptors (Lipinski definition) is 6. The van der Waals surface area contributed by atoms with Crippen LogP contribution in [0.2, 0.25) is 0 Å². The van der Waals surface area contributed by atoms with Gasteiger partial charge < -0.3 is 30.2 Å². The summed E-state index contributed by atoms with van der Waals surface area (Å²) in [6.07, 6.45) is 1.02. The van der Waals surface area contributed by atoms with Crippen molar-refractivity contribution in [3.63, 3.8) is 0 Å². The molecule has 4 heterocycles. The van der Waals surface area contributed by atoms with Gasteiger partial charge in [-0.3, -0.25) is 4.79 Å². The molecule has 0 radical (unpaired) electrons. The number of pyridine rings is 1. The highest BCUT2D eigenvalue weighted by Gasteiger charge is 2.22. The van der Waals surface area contributed by atoms with Crippen molar-refractivity contribution in [2.45, 2.75) is 12.5 Å². The summed E-state index contributed by atoms with van der Waals surface area (Å²) in [7, 11) is 0. The molecule has 8 heteroatoms. The summed E-state index contributed by atoms with van der Waals surface area (Å²) in [6.45, 7) is 5.08. The minimum Gasteiger partial charge on any atom is -0.380 e. The second kappa shape index (κ2) is 7.96. The van der Waals surface area contributed by atoms with E-state index in [1.165, 1.54) is 0 Å². The molecule has 1 unspecified atom stereocenters. The fourth-order valence-electron chi connectivity index (χ4n) is 4.74. The first-order chi connectivity index (χ1) is 15.8. The SMILES string of the molecule is O=c1[nH]c2ccccc2c(NC2CCNC2)c1-c1nc2ccc(N3CCOCC3)cc2[nH]1. The van der Waals surface area contributed by atoms with E-state index in [2.05, 4.69) is 37.6 Å². The van der Waals surface area contributed by atoms with Gasteiger partial charge in [0.05, 0.1) is 35.5 Å². The Hall–Kier alpha value is -3.36. The lowest BCUT2D eigenvalue weighted by Gasteiger charge is -2.28. The molecule has 164 valence electrons. The van der Waals surface area contributed by atoms with Crippen LogP contribution in [0.1, 0.15) is 6.42 Å². The van der Waals surface area contributed by atoms with Gasteiger partial charge in [0.25, 0.3) is 5.56 Å². The monoisotopic (exact) mass is 430 g/mol. The molecule has 2 saturated heterocycles. The number of benzene rings is 2. The van der Waals surface area contributed by atoms with E-state index in [9.17, 15) is 4.79 Å². The van der Waals surface area contributed by atoms with Gasteiger partial charge in [0.1, 0.15) is 11.4 Å². The van der Waals surface area contributed by atoms with Gasteiger partial charge in [-0.15, -0.1) is 0 Å². The summed E-state index contributed by atoms with van der Waals surface area (Å²) < 4.78 is 5.48. The smallest absolute Gasteiger partial charge is 0.261 e. The van der Waals surface area contributed by atoms with Crippen LogP contribution in [0, 0.1) is 0 Å². The largest absolute Gasteiger partial charge is 0.380 e. The zero-order chi connectivity index (χ0) is 21.5. The number of aromatic nitrogens is 3. The molecule has 2 fully saturated rings. The Morgan fingerprint density at radius 1 is 1.06 bits per heavy atom. The highest BCUT2D eigenvalue weighted by atomic mass is 16.5. The van der Waals surface area contributed by atoms with Crippen LogP contribution in [0.5, 0.6) is 0 Å². The number of ether oxygens (including phenoxy) is 1. The number of nitrogens with one attached hydrogen (secondary N) is 4. The summed E-state index contributed by atoms with van der Waals surface area (Å²) in [5, 5.41) is 8.01. The molecule has 32 heavy (non-hydrogen) atoms. The zero-order valence-electron chi connectivity index (χ0n) is 17.8. The molecule has 4 N–H and O–H groups in total. The van der Waals surface area contributed by atoms with Gasteiger partial charge in [-0.2, -0.15) is 0 Å². The topological polar surface area (TPSA) is 98.1 Å². The molecule has 0 saturated carbocycles. The van der Waals surface area contributed by atoms with Crippen molar-refractivity contribution in [3.05, 3.63) is 52.8 Å². The average molecular weight is 431 g/mol. The maximum atomic E-state index is 13.2. The number of rotatable bonds is 4. The van der Waals surface area contributed by atoms with E-state index in [-0.39, 0.29) is 11.6 Å². The third-order valence-corrected chi connectivity index (χ3v) is 6.41. The first-order valence-electron chi connectivity index (χ1n) is 11.2. The lowest BCUT2D eigenvalue weighted by atomic mass is 10.1. The first-order valence-corrected chi connectivity index (χ1v) is 11.2. The maximum absolute atomic E-state index is 13.2. The summed E-state index contributed by atoms with van der Waals surface area (Å²) >= 11 is 0. The summed E-state index contributed by atoms with van der Waals surface area (Å²) in [6, 6.07) is 14.4. The van der Waals surface area contributed by atoms with Crippen molar-refractivity contribution in [2.75, 3.05) is 49.6 Å². The van der Waals surface area contributed by atoms with Gasteiger partial charge in [0.2, 0.25) is 0 Å². The predicted molar refractivity (Wildman–Crippen MR) is 128 cm³/mol. The van der Waals surface area contributed by atoms with Crippen molar-refractivity contribution in [1.82, 2.24) is 20.3 Å². The van der Waals surface area contributed by atoms with Crippen LogP contribution in [0.4, 0.5) is 11.4 Å². The number of fused-ring (bicyclic) bond motifs is 2. The normalized spacial score (nSPS) is 19.1. The van der Waals surface area contributed by atoms with Crippen LogP contribution >= 0.6 is 0 Å². The molecule has 4 aromatic rings. The molecular weight excluding hydrogens is 404 g/mol. The van der Waals surface area contributed by atoms with Gasteiger partial charge in [-0.05, 0) is 37.2 Å². The van der Waals surface area contributed by atoms with E-state index in [4.69, 9.17) is 9.72 Å². The van der Waals surface area contributed by atoms with Crippen molar-refractivity contribution in [1.29, 1.82) is 0 Å². The molecule has 0 bridgehead atoms. The number of para-hydroxylation sites is 1. The number of aromatic amines is 2. The molecule has 6 rings (SSSR count). The van der Waals surface area contributed by atoms with Gasteiger partial charge in [-0.1, -0.05) is 18.2 Å². The van der Waals surface area contributed by atoms with E-state index in [1.54, 1.807) is 0 Å². The minimum absolute atomic E-state index is 0.149. The molecule has 2 aromatic heterocycles. The number of hydrogen-bond donors (Lipinski definition) is 4. The Morgan fingerprint density at radius 3 is 2.78 bits per heavy atom. The van der Waals surface area contributed by atoms with Crippen molar-refractivity contribution in [2.24, 2.45) is 0 Å². The Bertz CT molecular complexity index is 1330. The Kier molecular flexibility index (Phi) is 4.81. The standard InChI is InChI=1S/C24H26N6O2/c31-24-21(22(26-15-7-8-25-14-15)17-3-1-2-4-18(17)29-24)23-27-19-6-5-16(13-20(19)28-23)30-9-11-32-12-10-30/h1-6,13,15,25H,7-12,14H2,(H,27,28)(H2,26,29,31). The summed E-state index contributed by atoms with van der Waals surface area (Å²) in [5.74, 6) is 0.583. The highest BCUT2D eigenvalue weighted by Crippen LogP contribution is 2.32. The van der Waals surface area contributed by atoms with Crippen molar-refractivity contribution in [3.8, 4) is 11.4 Å². The zero-order valence-corrected chi connectivity index (χ0v) is 17.8. The third-order valence-electron chi connectivity index (χ3n) is 6.41. The lowest BCUT2D eigenvalue weighted by Crippen LogP contribution is -2.36.